The van der Waals surface area contributed by atoms with Gasteiger partial charge in [0.05, 0.1) is 22.3 Å². The van der Waals surface area contributed by atoms with Crippen LogP contribution in [0.1, 0.15) is 27.0 Å². The van der Waals surface area contributed by atoms with Crippen molar-refractivity contribution in [3.63, 3.8) is 0 Å². The Bertz CT molecular complexity index is 807. The van der Waals surface area contributed by atoms with E-state index in [-0.39, 0.29) is 5.91 Å². The summed E-state index contributed by atoms with van der Waals surface area (Å²) in [4.78, 5) is 18.7. The molecule has 0 aliphatic heterocycles. The van der Waals surface area contributed by atoms with Crippen molar-refractivity contribution in [3.8, 4) is 0 Å². The Morgan fingerprint density at radius 1 is 1.29 bits per heavy atom. The number of aromatic nitrogens is 1. The van der Waals surface area contributed by atoms with Gasteiger partial charge in [-0.15, -0.1) is 11.3 Å². The Morgan fingerprint density at radius 2 is 2.10 bits per heavy atom. The summed E-state index contributed by atoms with van der Waals surface area (Å²) in [7, 11) is 0. The lowest BCUT2D eigenvalue weighted by atomic mass is 10.2. The number of carbonyl (C=O) groups is 1. The van der Waals surface area contributed by atoms with Crippen LogP contribution in [0.15, 0.2) is 42.6 Å². The van der Waals surface area contributed by atoms with Crippen LogP contribution < -0.4 is 5.32 Å². The highest BCUT2D eigenvalue weighted by atomic mass is 32.1. The number of benzene rings is 1. The number of anilines is 1. The normalized spacial score (nSPS) is 10.8. The number of fused-ring (bicyclic) bond motifs is 1. The zero-order valence-corrected chi connectivity index (χ0v) is 12.8. The lowest BCUT2D eigenvalue weighted by Crippen LogP contribution is -2.10. The second-order valence-electron chi connectivity index (χ2n) is 4.94. The first-order chi connectivity index (χ1) is 10.2. The van der Waals surface area contributed by atoms with Gasteiger partial charge in [-0.2, -0.15) is 0 Å². The van der Waals surface area contributed by atoms with Crippen LogP contribution in [0.4, 0.5) is 5.69 Å². The molecule has 1 N–H and O–H groups in total. The maximum atomic E-state index is 12.3. The molecule has 0 aliphatic carbocycles. The Balaban J connectivity index is 1.85. The van der Waals surface area contributed by atoms with E-state index in [1.807, 2.05) is 43.3 Å². The Morgan fingerprint density at radius 3 is 2.86 bits per heavy atom. The molecule has 4 heteroatoms. The number of hydrogen-bond donors (Lipinski definition) is 1. The molecule has 21 heavy (non-hydrogen) atoms. The third-order valence-corrected chi connectivity index (χ3v) is 4.79. The van der Waals surface area contributed by atoms with Gasteiger partial charge in [0.1, 0.15) is 0 Å². The molecular formula is C17H16N2OS. The van der Waals surface area contributed by atoms with Crippen LogP contribution >= 0.6 is 11.3 Å². The zero-order valence-electron chi connectivity index (χ0n) is 12.0. The summed E-state index contributed by atoms with van der Waals surface area (Å²) in [5, 5.41) is 3.94. The number of nitrogens with zero attached hydrogens (tertiary/aromatic N) is 1. The van der Waals surface area contributed by atoms with Gasteiger partial charge in [0.25, 0.3) is 5.91 Å². The molecule has 0 spiro atoms. The minimum atomic E-state index is -0.0696. The van der Waals surface area contributed by atoms with Crippen LogP contribution in [0.2, 0.25) is 0 Å². The summed E-state index contributed by atoms with van der Waals surface area (Å²) < 4.78 is 0. The summed E-state index contributed by atoms with van der Waals surface area (Å²) in [6.07, 6.45) is 2.66. The summed E-state index contributed by atoms with van der Waals surface area (Å²) in [5.41, 5.74) is 2.84. The first-order valence-corrected chi connectivity index (χ1v) is 7.74. The molecule has 0 atom stereocenters. The van der Waals surface area contributed by atoms with Gasteiger partial charge in [0.15, 0.2) is 0 Å². The molecule has 106 valence electrons. The molecule has 2 aromatic heterocycles. The molecule has 0 aliphatic rings. The average Bonchev–Trinajstić information content (AvgIpc) is 2.88. The van der Waals surface area contributed by atoms with Crippen molar-refractivity contribution in [1.29, 1.82) is 0 Å². The number of aryl methyl sites for hydroxylation is 2. The van der Waals surface area contributed by atoms with Gasteiger partial charge in [0.2, 0.25) is 0 Å². The van der Waals surface area contributed by atoms with Gasteiger partial charge in [-0.25, -0.2) is 0 Å². The van der Waals surface area contributed by atoms with Gasteiger partial charge < -0.3 is 5.32 Å². The largest absolute Gasteiger partial charge is 0.320 e. The SMILES string of the molecule is CCc1sc(C(=O)Nc2cnc3ccccc3c2)cc1C. The second kappa shape index (κ2) is 5.66. The van der Waals surface area contributed by atoms with Crippen LogP contribution in [-0.2, 0) is 6.42 Å². The van der Waals surface area contributed by atoms with E-state index >= 15 is 0 Å². The predicted octanol–water partition coefficient (Wildman–Crippen LogP) is 4.42. The first kappa shape index (κ1) is 13.8. The topological polar surface area (TPSA) is 42.0 Å². The number of pyridine rings is 1. The molecular weight excluding hydrogens is 280 g/mol. The van der Waals surface area contributed by atoms with E-state index in [4.69, 9.17) is 0 Å². The summed E-state index contributed by atoms with van der Waals surface area (Å²) in [6.45, 7) is 4.15. The molecule has 3 nitrogen and oxygen atoms in total. The fourth-order valence-corrected chi connectivity index (χ4v) is 3.32. The minimum absolute atomic E-state index is 0.0696. The van der Waals surface area contributed by atoms with E-state index in [9.17, 15) is 4.79 Å². The van der Waals surface area contributed by atoms with Crippen LogP contribution in [0.3, 0.4) is 0 Å². The van der Waals surface area contributed by atoms with Gasteiger partial charge in [-0.05, 0) is 37.1 Å². The molecule has 1 aromatic carbocycles. The Hall–Kier alpha value is -2.20. The molecule has 3 aromatic rings. The van der Waals surface area contributed by atoms with Crippen LogP contribution in [-0.4, -0.2) is 10.9 Å². The fraction of sp³-hybridized carbons (Fsp3) is 0.176. The zero-order chi connectivity index (χ0) is 14.8. The maximum Gasteiger partial charge on any atom is 0.265 e. The van der Waals surface area contributed by atoms with E-state index in [2.05, 4.69) is 17.2 Å². The third-order valence-electron chi connectivity index (χ3n) is 3.41. The third kappa shape index (κ3) is 2.81. The first-order valence-electron chi connectivity index (χ1n) is 6.93. The van der Waals surface area contributed by atoms with E-state index in [0.717, 1.165) is 27.9 Å². The summed E-state index contributed by atoms with van der Waals surface area (Å²) in [5.74, 6) is -0.0696. The Kier molecular flexibility index (Phi) is 3.71. The average molecular weight is 296 g/mol. The van der Waals surface area contributed by atoms with E-state index in [0.29, 0.717) is 0 Å². The van der Waals surface area contributed by atoms with Crippen molar-refractivity contribution in [2.24, 2.45) is 0 Å². The van der Waals surface area contributed by atoms with Gasteiger partial charge in [-0.1, -0.05) is 25.1 Å². The van der Waals surface area contributed by atoms with Crippen LogP contribution in [0.5, 0.6) is 0 Å². The number of amides is 1. The molecule has 0 bridgehead atoms. The van der Waals surface area contributed by atoms with Crippen molar-refractivity contribution in [3.05, 3.63) is 57.9 Å². The van der Waals surface area contributed by atoms with Crippen molar-refractivity contribution in [1.82, 2.24) is 4.98 Å². The van der Waals surface area contributed by atoms with Crippen molar-refractivity contribution in [2.75, 3.05) is 5.32 Å². The highest BCUT2D eigenvalue weighted by Gasteiger charge is 2.12. The highest BCUT2D eigenvalue weighted by molar-refractivity contribution is 7.14. The molecule has 0 unspecified atom stereocenters. The molecule has 3 rings (SSSR count). The smallest absolute Gasteiger partial charge is 0.265 e. The molecule has 0 saturated carbocycles. The fourth-order valence-electron chi connectivity index (χ4n) is 2.31. The highest BCUT2D eigenvalue weighted by Crippen LogP contribution is 2.24. The molecule has 0 fully saturated rings. The quantitative estimate of drug-likeness (QED) is 0.777. The van der Waals surface area contributed by atoms with Crippen molar-refractivity contribution >= 4 is 33.8 Å². The van der Waals surface area contributed by atoms with Crippen molar-refractivity contribution < 1.29 is 4.79 Å². The number of thiophene rings is 1. The number of carbonyl (C=O) groups excluding carboxylic acids is 1. The van der Waals surface area contributed by atoms with Crippen LogP contribution in [0.25, 0.3) is 10.9 Å². The summed E-state index contributed by atoms with van der Waals surface area (Å²) >= 11 is 1.56. The standard InChI is InChI=1S/C17H16N2OS/c1-3-15-11(2)8-16(21-15)17(20)19-13-9-12-6-4-5-7-14(12)18-10-13/h4-10H,3H2,1-2H3,(H,19,20). The van der Waals surface area contributed by atoms with E-state index in [1.165, 1.54) is 10.4 Å². The van der Waals surface area contributed by atoms with Gasteiger partial charge in [-0.3, -0.25) is 9.78 Å². The summed E-state index contributed by atoms with van der Waals surface area (Å²) in [6, 6.07) is 11.8. The van der Waals surface area contributed by atoms with Crippen molar-refractivity contribution in [2.45, 2.75) is 20.3 Å². The second-order valence-corrected chi connectivity index (χ2v) is 6.08. The number of para-hydroxylation sites is 1. The van der Waals surface area contributed by atoms with Gasteiger partial charge in [0, 0.05) is 10.3 Å². The van der Waals surface area contributed by atoms with Crippen LogP contribution in [0, 0.1) is 6.92 Å². The minimum Gasteiger partial charge on any atom is -0.320 e. The molecule has 0 saturated heterocycles. The lowest BCUT2D eigenvalue weighted by molar-refractivity contribution is 0.103. The van der Waals surface area contributed by atoms with E-state index in [1.54, 1.807) is 17.5 Å². The number of hydrogen-bond acceptors (Lipinski definition) is 3. The molecule has 1 amide bonds. The molecule has 0 radical (unpaired) electrons. The molecule has 2 heterocycles. The number of rotatable bonds is 3. The maximum absolute atomic E-state index is 12.3. The van der Waals surface area contributed by atoms with E-state index < -0.39 is 0 Å². The predicted molar refractivity (Wildman–Crippen MR) is 88.1 cm³/mol. The lowest BCUT2D eigenvalue weighted by Gasteiger charge is -2.04. The number of nitrogens with one attached hydrogen (secondary N) is 1. The van der Waals surface area contributed by atoms with Gasteiger partial charge >= 0.3 is 0 Å². The Labute approximate surface area is 127 Å². The monoisotopic (exact) mass is 296 g/mol.